The van der Waals surface area contributed by atoms with E-state index in [0.717, 1.165) is 10.6 Å². The van der Waals surface area contributed by atoms with E-state index in [-0.39, 0.29) is 5.69 Å². The molecule has 0 spiro atoms. The zero-order chi connectivity index (χ0) is 13.2. The first-order chi connectivity index (χ1) is 9.24. The maximum atomic E-state index is 11.8. The van der Waals surface area contributed by atoms with Gasteiger partial charge in [-0.05, 0) is 11.4 Å². The Labute approximate surface area is 116 Å². The molecule has 1 aliphatic rings. The van der Waals surface area contributed by atoms with Gasteiger partial charge >= 0.3 is 11.9 Å². The molecule has 3 rings (SSSR count). The van der Waals surface area contributed by atoms with Gasteiger partial charge < -0.3 is 9.47 Å². The van der Waals surface area contributed by atoms with E-state index >= 15 is 0 Å². The van der Waals surface area contributed by atoms with Gasteiger partial charge in [0.25, 0.3) is 0 Å². The second kappa shape index (κ2) is 5.10. The number of thiophene rings is 1. The van der Waals surface area contributed by atoms with Crippen LogP contribution >= 0.6 is 22.7 Å². The molecule has 2 aromatic rings. The minimum absolute atomic E-state index is 0.228. The van der Waals surface area contributed by atoms with Gasteiger partial charge in [-0.25, -0.2) is 14.6 Å². The van der Waals surface area contributed by atoms with Gasteiger partial charge in [0.05, 0.1) is 6.61 Å². The third kappa shape index (κ3) is 2.52. The Hall–Kier alpha value is -1.73. The maximum absolute atomic E-state index is 11.8. The largest absolute Gasteiger partial charge is 0.463 e. The molecule has 1 fully saturated rings. The molecule has 1 aliphatic heterocycles. The third-order valence-electron chi connectivity index (χ3n) is 2.62. The highest BCUT2D eigenvalue weighted by Gasteiger charge is 2.31. The van der Waals surface area contributed by atoms with Crippen LogP contribution in [0.5, 0.6) is 0 Å². The van der Waals surface area contributed by atoms with Crippen molar-refractivity contribution in [3.63, 3.8) is 0 Å². The van der Waals surface area contributed by atoms with Crippen molar-refractivity contribution in [3.05, 3.63) is 27.9 Å². The highest BCUT2D eigenvalue weighted by molar-refractivity contribution is 7.14. The van der Waals surface area contributed by atoms with Crippen molar-refractivity contribution in [1.29, 1.82) is 0 Å². The summed E-state index contributed by atoms with van der Waals surface area (Å²) < 4.78 is 9.81. The number of hydrogen-bond acceptors (Lipinski definition) is 7. The molecule has 2 aromatic heterocycles. The Balaban J connectivity index is 1.72. The molecule has 0 amide bonds. The minimum Gasteiger partial charge on any atom is -0.463 e. The standard InChI is InChI=1S/C12H9NO4S2/c14-11(17-9-1-3-16-12(9)15)8-6-19-10(13-8)7-2-4-18-5-7/h2,4-6,9H,1,3H2/t9-/m1/s1. The Morgan fingerprint density at radius 2 is 2.37 bits per heavy atom. The van der Waals surface area contributed by atoms with Gasteiger partial charge in [0, 0.05) is 22.7 Å². The fraction of sp³-hybridized carbons (Fsp3) is 0.250. The second-order valence-corrected chi connectivity index (χ2v) is 5.54. The van der Waals surface area contributed by atoms with Gasteiger partial charge in [0.1, 0.15) is 5.01 Å². The summed E-state index contributed by atoms with van der Waals surface area (Å²) in [4.78, 5) is 27.3. The Morgan fingerprint density at radius 3 is 3.05 bits per heavy atom. The van der Waals surface area contributed by atoms with E-state index in [1.54, 1.807) is 16.7 Å². The summed E-state index contributed by atoms with van der Waals surface area (Å²) in [7, 11) is 0. The van der Waals surface area contributed by atoms with Crippen molar-refractivity contribution in [2.45, 2.75) is 12.5 Å². The predicted molar refractivity (Wildman–Crippen MR) is 70.2 cm³/mol. The van der Waals surface area contributed by atoms with Crippen LogP contribution in [-0.4, -0.2) is 29.6 Å². The van der Waals surface area contributed by atoms with Crippen LogP contribution < -0.4 is 0 Å². The van der Waals surface area contributed by atoms with Gasteiger partial charge in [-0.3, -0.25) is 0 Å². The second-order valence-electron chi connectivity index (χ2n) is 3.90. The summed E-state index contributed by atoms with van der Waals surface area (Å²) in [5.74, 6) is -1.07. The highest BCUT2D eigenvalue weighted by atomic mass is 32.1. The number of nitrogens with zero attached hydrogens (tertiary/aromatic N) is 1. The molecule has 0 saturated carbocycles. The quantitative estimate of drug-likeness (QED) is 0.813. The fourth-order valence-corrected chi connectivity index (χ4v) is 3.16. The van der Waals surface area contributed by atoms with Gasteiger partial charge in [-0.2, -0.15) is 11.3 Å². The summed E-state index contributed by atoms with van der Waals surface area (Å²) in [6.45, 7) is 0.300. The summed E-state index contributed by atoms with van der Waals surface area (Å²) in [6, 6.07) is 1.94. The summed E-state index contributed by atoms with van der Waals surface area (Å²) in [5, 5.41) is 6.31. The number of thiazole rings is 1. The minimum atomic E-state index is -0.793. The molecule has 0 radical (unpaired) electrons. The number of carbonyl (C=O) groups excluding carboxylic acids is 2. The average molecular weight is 295 g/mol. The smallest absolute Gasteiger partial charge is 0.358 e. The normalized spacial score (nSPS) is 18.3. The molecule has 5 nitrogen and oxygen atoms in total. The van der Waals surface area contributed by atoms with Crippen LogP contribution in [-0.2, 0) is 14.3 Å². The summed E-state index contributed by atoms with van der Waals surface area (Å²) >= 11 is 2.94. The zero-order valence-corrected chi connectivity index (χ0v) is 11.3. The topological polar surface area (TPSA) is 65.5 Å². The van der Waals surface area contributed by atoms with Crippen molar-refractivity contribution in [2.24, 2.45) is 0 Å². The summed E-state index contributed by atoms with van der Waals surface area (Å²) in [6.07, 6.45) is -0.384. The lowest BCUT2D eigenvalue weighted by Crippen LogP contribution is -2.22. The molecular weight excluding hydrogens is 286 g/mol. The van der Waals surface area contributed by atoms with Crippen molar-refractivity contribution in [1.82, 2.24) is 4.98 Å². The zero-order valence-electron chi connectivity index (χ0n) is 9.70. The SMILES string of the molecule is O=C(O[C@@H]1CCOC1=O)c1csc(-c2ccsc2)n1. The number of carbonyl (C=O) groups is 2. The maximum Gasteiger partial charge on any atom is 0.358 e. The van der Waals surface area contributed by atoms with E-state index in [0.29, 0.717) is 13.0 Å². The van der Waals surface area contributed by atoms with Crippen LogP contribution in [0.15, 0.2) is 22.2 Å². The molecule has 0 aromatic carbocycles. The lowest BCUT2D eigenvalue weighted by Gasteiger charge is -2.05. The van der Waals surface area contributed by atoms with E-state index in [2.05, 4.69) is 4.98 Å². The van der Waals surface area contributed by atoms with Crippen LogP contribution in [0.3, 0.4) is 0 Å². The third-order valence-corrected chi connectivity index (χ3v) is 4.19. The molecule has 7 heteroatoms. The molecule has 0 N–H and O–H groups in total. The van der Waals surface area contributed by atoms with Crippen molar-refractivity contribution < 1.29 is 19.1 Å². The van der Waals surface area contributed by atoms with Crippen LogP contribution in [0.1, 0.15) is 16.9 Å². The van der Waals surface area contributed by atoms with E-state index < -0.39 is 18.0 Å². The van der Waals surface area contributed by atoms with E-state index in [4.69, 9.17) is 9.47 Å². The number of hydrogen-bond donors (Lipinski definition) is 0. The number of ether oxygens (including phenoxy) is 2. The summed E-state index contributed by atoms with van der Waals surface area (Å²) in [5.41, 5.74) is 1.21. The van der Waals surface area contributed by atoms with Crippen LogP contribution in [0.4, 0.5) is 0 Å². The Bertz CT molecular complexity index is 605. The Kier molecular flexibility index (Phi) is 3.31. The average Bonchev–Trinajstić information content (AvgIpc) is 3.09. The van der Waals surface area contributed by atoms with Gasteiger partial charge in [-0.1, -0.05) is 0 Å². The van der Waals surface area contributed by atoms with Crippen LogP contribution in [0.25, 0.3) is 10.6 Å². The highest BCUT2D eigenvalue weighted by Crippen LogP contribution is 2.26. The first kappa shape index (κ1) is 12.3. The fourth-order valence-electron chi connectivity index (χ4n) is 1.66. The molecule has 98 valence electrons. The van der Waals surface area contributed by atoms with Gasteiger partial charge in [0.2, 0.25) is 6.10 Å². The number of esters is 2. The molecule has 3 heterocycles. The molecule has 1 saturated heterocycles. The van der Waals surface area contributed by atoms with Crippen LogP contribution in [0, 0.1) is 0 Å². The molecule has 0 bridgehead atoms. The Morgan fingerprint density at radius 1 is 1.47 bits per heavy atom. The number of aromatic nitrogens is 1. The van der Waals surface area contributed by atoms with Gasteiger partial charge in [0.15, 0.2) is 5.69 Å². The van der Waals surface area contributed by atoms with Crippen molar-refractivity contribution >= 4 is 34.6 Å². The van der Waals surface area contributed by atoms with Crippen molar-refractivity contribution in [2.75, 3.05) is 6.61 Å². The first-order valence-corrected chi connectivity index (χ1v) is 7.42. The van der Waals surface area contributed by atoms with E-state index in [1.165, 1.54) is 11.3 Å². The molecule has 0 unspecified atom stereocenters. The first-order valence-electron chi connectivity index (χ1n) is 5.60. The molecule has 0 aliphatic carbocycles. The number of cyclic esters (lactones) is 1. The van der Waals surface area contributed by atoms with Gasteiger partial charge in [-0.15, -0.1) is 11.3 Å². The molecule has 19 heavy (non-hydrogen) atoms. The van der Waals surface area contributed by atoms with E-state index in [1.807, 2.05) is 16.8 Å². The lowest BCUT2D eigenvalue weighted by molar-refractivity contribution is -0.145. The van der Waals surface area contributed by atoms with E-state index in [9.17, 15) is 9.59 Å². The molecular formula is C12H9NO4S2. The number of rotatable bonds is 3. The predicted octanol–water partition coefficient (Wildman–Crippen LogP) is 2.34. The lowest BCUT2D eigenvalue weighted by atomic mass is 10.3. The molecule has 1 atom stereocenters. The van der Waals surface area contributed by atoms with Crippen molar-refractivity contribution in [3.8, 4) is 10.6 Å². The monoisotopic (exact) mass is 295 g/mol. The van der Waals surface area contributed by atoms with Crippen LogP contribution in [0.2, 0.25) is 0 Å².